The molecule has 2 aliphatic rings. The van der Waals surface area contributed by atoms with Gasteiger partial charge in [-0.15, -0.1) is 0 Å². The van der Waals surface area contributed by atoms with Crippen LogP contribution in [0.25, 0.3) is 0 Å². The largest absolute Gasteiger partial charge is 0.462 e. The summed E-state index contributed by atoms with van der Waals surface area (Å²) in [5.74, 6) is 0.150. The predicted octanol–water partition coefficient (Wildman–Crippen LogP) is 1.08. The Morgan fingerprint density at radius 1 is 1.23 bits per heavy atom. The maximum absolute atomic E-state index is 11.5. The van der Waals surface area contributed by atoms with E-state index >= 15 is 0 Å². The summed E-state index contributed by atoms with van der Waals surface area (Å²) in [5.41, 5.74) is 0. The van der Waals surface area contributed by atoms with Gasteiger partial charge in [0.1, 0.15) is 6.10 Å². The van der Waals surface area contributed by atoms with Crippen molar-refractivity contribution < 1.29 is 9.53 Å². The first-order chi connectivity index (χ1) is 6.36. The fourth-order valence-electron chi connectivity index (χ4n) is 2.12. The second kappa shape index (κ2) is 4.09. The molecule has 0 aromatic carbocycles. The fraction of sp³-hybridized carbons (Fsp3) is 0.900. The Labute approximate surface area is 78.8 Å². The zero-order valence-electron chi connectivity index (χ0n) is 7.92. The smallest absolute Gasteiger partial charge is 0.310 e. The van der Waals surface area contributed by atoms with Gasteiger partial charge in [0.05, 0.1) is 5.92 Å². The molecule has 0 radical (unpaired) electrons. The van der Waals surface area contributed by atoms with Crippen LogP contribution in [0.5, 0.6) is 0 Å². The maximum Gasteiger partial charge on any atom is 0.310 e. The minimum atomic E-state index is 0.0249. The topological polar surface area (TPSA) is 38.3 Å². The van der Waals surface area contributed by atoms with Crippen molar-refractivity contribution in [3.05, 3.63) is 0 Å². The molecular weight excluding hydrogens is 166 g/mol. The summed E-state index contributed by atoms with van der Waals surface area (Å²) < 4.78 is 5.42. The number of hydrogen-bond donors (Lipinski definition) is 1. The number of carbonyl (C=O) groups is 1. The first kappa shape index (κ1) is 9.00. The summed E-state index contributed by atoms with van der Waals surface area (Å²) in [7, 11) is 0. The van der Waals surface area contributed by atoms with Gasteiger partial charge >= 0.3 is 5.97 Å². The maximum atomic E-state index is 11.5. The third kappa shape index (κ3) is 2.21. The van der Waals surface area contributed by atoms with Gasteiger partial charge in [-0.05, 0) is 38.6 Å². The standard InChI is InChI=1S/C10H17NO2/c12-10(8-5-6-11-7-8)13-9-3-1-2-4-9/h8-9,11H,1-7H2. The van der Waals surface area contributed by atoms with Crippen molar-refractivity contribution in [2.75, 3.05) is 13.1 Å². The molecule has 1 saturated carbocycles. The van der Waals surface area contributed by atoms with Gasteiger partial charge in [0.2, 0.25) is 0 Å². The SMILES string of the molecule is O=C(OC1CCCC1)C1CCNC1. The third-order valence-corrected chi connectivity index (χ3v) is 2.98. The normalized spacial score (nSPS) is 29.4. The molecule has 1 unspecified atom stereocenters. The molecule has 1 N–H and O–H groups in total. The molecule has 1 aliphatic heterocycles. The van der Waals surface area contributed by atoms with Gasteiger partial charge in [-0.2, -0.15) is 0 Å². The van der Waals surface area contributed by atoms with Gasteiger partial charge < -0.3 is 10.1 Å². The number of rotatable bonds is 2. The lowest BCUT2D eigenvalue weighted by Crippen LogP contribution is -2.24. The van der Waals surface area contributed by atoms with Crippen molar-refractivity contribution in [2.24, 2.45) is 5.92 Å². The Morgan fingerprint density at radius 3 is 2.62 bits per heavy atom. The Hall–Kier alpha value is -0.570. The zero-order chi connectivity index (χ0) is 9.10. The van der Waals surface area contributed by atoms with Crippen LogP contribution in [-0.2, 0) is 9.53 Å². The molecule has 13 heavy (non-hydrogen) atoms. The van der Waals surface area contributed by atoms with E-state index in [0.29, 0.717) is 0 Å². The van der Waals surface area contributed by atoms with Crippen molar-refractivity contribution in [1.82, 2.24) is 5.32 Å². The number of ether oxygens (including phenoxy) is 1. The molecule has 0 aromatic rings. The van der Waals surface area contributed by atoms with Crippen molar-refractivity contribution >= 4 is 5.97 Å². The summed E-state index contributed by atoms with van der Waals surface area (Å²) >= 11 is 0. The van der Waals surface area contributed by atoms with Gasteiger partial charge in [-0.25, -0.2) is 0 Å². The van der Waals surface area contributed by atoms with Crippen LogP contribution in [0, 0.1) is 5.92 Å². The van der Waals surface area contributed by atoms with E-state index in [4.69, 9.17) is 4.74 Å². The summed E-state index contributed by atoms with van der Waals surface area (Å²) in [5, 5.41) is 3.18. The van der Waals surface area contributed by atoms with Crippen molar-refractivity contribution in [3.63, 3.8) is 0 Å². The highest BCUT2D eigenvalue weighted by atomic mass is 16.5. The predicted molar refractivity (Wildman–Crippen MR) is 49.3 cm³/mol. The lowest BCUT2D eigenvalue weighted by Gasteiger charge is -2.14. The molecule has 3 heteroatoms. The quantitative estimate of drug-likeness (QED) is 0.651. The first-order valence-corrected chi connectivity index (χ1v) is 5.27. The monoisotopic (exact) mass is 183 g/mol. The number of hydrogen-bond acceptors (Lipinski definition) is 3. The van der Waals surface area contributed by atoms with Gasteiger partial charge in [0, 0.05) is 6.54 Å². The molecule has 0 aromatic heterocycles. The van der Waals surface area contributed by atoms with Crippen LogP contribution >= 0.6 is 0 Å². The van der Waals surface area contributed by atoms with Crippen molar-refractivity contribution in [1.29, 1.82) is 0 Å². The Bertz CT molecular complexity index is 181. The molecule has 1 heterocycles. The molecular formula is C10H17NO2. The minimum Gasteiger partial charge on any atom is -0.462 e. The molecule has 1 atom stereocenters. The van der Waals surface area contributed by atoms with Crippen LogP contribution < -0.4 is 5.32 Å². The van der Waals surface area contributed by atoms with E-state index in [-0.39, 0.29) is 18.0 Å². The molecule has 3 nitrogen and oxygen atoms in total. The zero-order valence-corrected chi connectivity index (χ0v) is 7.92. The van der Waals surface area contributed by atoms with Gasteiger partial charge in [-0.1, -0.05) is 0 Å². The summed E-state index contributed by atoms with van der Waals surface area (Å²) in [4.78, 5) is 11.5. The fourth-order valence-corrected chi connectivity index (χ4v) is 2.12. The first-order valence-electron chi connectivity index (χ1n) is 5.27. The molecule has 0 amide bonds. The molecule has 2 fully saturated rings. The van der Waals surface area contributed by atoms with Gasteiger partial charge in [0.15, 0.2) is 0 Å². The third-order valence-electron chi connectivity index (χ3n) is 2.98. The average molecular weight is 183 g/mol. The second-order valence-electron chi connectivity index (χ2n) is 4.03. The minimum absolute atomic E-state index is 0.0249. The van der Waals surface area contributed by atoms with Gasteiger partial charge in [-0.3, -0.25) is 4.79 Å². The molecule has 74 valence electrons. The Kier molecular flexibility index (Phi) is 2.83. The number of carbonyl (C=O) groups excluding carboxylic acids is 1. The lowest BCUT2D eigenvalue weighted by molar-refractivity contribution is -0.153. The van der Waals surface area contributed by atoms with Gasteiger partial charge in [0.25, 0.3) is 0 Å². The van der Waals surface area contributed by atoms with Crippen LogP contribution in [0.3, 0.4) is 0 Å². The van der Waals surface area contributed by atoms with E-state index in [9.17, 15) is 4.79 Å². The molecule has 1 aliphatic carbocycles. The molecule has 2 rings (SSSR count). The van der Waals surface area contributed by atoms with Crippen LogP contribution in [0.2, 0.25) is 0 Å². The van der Waals surface area contributed by atoms with E-state index in [2.05, 4.69) is 5.32 Å². The van der Waals surface area contributed by atoms with E-state index in [0.717, 1.165) is 32.4 Å². The molecule has 0 spiro atoms. The highest BCUT2D eigenvalue weighted by Gasteiger charge is 2.27. The lowest BCUT2D eigenvalue weighted by atomic mass is 10.1. The number of esters is 1. The van der Waals surface area contributed by atoms with Crippen LogP contribution in [0.1, 0.15) is 32.1 Å². The highest BCUT2D eigenvalue weighted by Crippen LogP contribution is 2.22. The molecule has 1 saturated heterocycles. The van der Waals surface area contributed by atoms with E-state index in [1.165, 1.54) is 12.8 Å². The summed E-state index contributed by atoms with van der Waals surface area (Å²) in [6, 6.07) is 0. The second-order valence-corrected chi connectivity index (χ2v) is 4.03. The Balaban J connectivity index is 1.76. The van der Waals surface area contributed by atoms with E-state index in [1.54, 1.807) is 0 Å². The summed E-state index contributed by atoms with van der Waals surface area (Å²) in [6.45, 7) is 1.77. The molecule has 0 bridgehead atoms. The summed E-state index contributed by atoms with van der Waals surface area (Å²) in [6.07, 6.45) is 5.78. The highest BCUT2D eigenvalue weighted by molar-refractivity contribution is 5.73. The van der Waals surface area contributed by atoms with Crippen LogP contribution in [0.4, 0.5) is 0 Å². The van der Waals surface area contributed by atoms with E-state index < -0.39 is 0 Å². The van der Waals surface area contributed by atoms with E-state index in [1.807, 2.05) is 0 Å². The number of nitrogens with one attached hydrogen (secondary N) is 1. The van der Waals surface area contributed by atoms with Crippen molar-refractivity contribution in [3.8, 4) is 0 Å². The average Bonchev–Trinajstić information content (AvgIpc) is 2.74. The van der Waals surface area contributed by atoms with Crippen LogP contribution in [0.15, 0.2) is 0 Å². The van der Waals surface area contributed by atoms with Crippen LogP contribution in [-0.4, -0.2) is 25.2 Å². The Morgan fingerprint density at radius 2 is 2.00 bits per heavy atom. The van der Waals surface area contributed by atoms with Crippen molar-refractivity contribution in [2.45, 2.75) is 38.2 Å².